The molecule has 27 heavy (non-hydrogen) atoms. The van der Waals surface area contributed by atoms with Gasteiger partial charge in [-0.2, -0.15) is 4.31 Å². The molecule has 0 fully saturated rings. The summed E-state index contributed by atoms with van der Waals surface area (Å²) >= 11 is 1.24. The number of carbonyl (C=O) groups is 1. The van der Waals surface area contributed by atoms with E-state index in [0.717, 1.165) is 10.4 Å². The lowest BCUT2D eigenvalue weighted by Crippen LogP contribution is -2.41. The van der Waals surface area contributed by atoms with E-state index in [9.17, 15) is 13.2 Å². The Bertz CT molecular complexity index is 867. The first-order valence-corrected chi connectivity index (χ1v) is 11.5. The SMILES string of the molecule is CC(C)(C)C(c1ccccc1)N(CCCc1ccc(C(=O)O)s1)S(C)(=O)=O. The summed E-state index contributed by atoms with van der Waals surface area (Å²) < 4.78 is 26.7. The number of sulfonamides is 1. The number of aromatic carboxylic acids is 1. The second kappa shape index (κ2) is 8.54. The Morgan fingerprint density at radius 3 is 2.26 bits per heavy atom. The van der Waals surface area contributed by atoms with Gasteiger partial charge in [-0.05, 0) is 36.0 Å². The maximum absolute atomic E-state index is 12.6. The van der Waals surface area contributed by atoms with Crippen molar-refractivity contribution in [2.24, 2.45) is 5.41 Å². The molecule has 0 saturated carbocycles. The lowest BCUT2D eigenvalue weighted by atomic mass is 9.82. The molecule has 1 aromatic heterocycles. The van der Waals surface area contributed by atoms with Gasteiger partial charge in [0.15, 0.2) is 0 Å². The minimum Gasteiger partial charge on any atom is -0.477 e. The summed E-state index contributed by atoms with van der Waals surface area (Å²) in [6.07, 6.45) is 2.53. The highest BCUT2D eigenvalue weighted by molar-refractivity contribution is 7.88. The van der Waals surface area contributed by atoms with E-state index in [0.29, 0.717) is 24.3 Å². The van der Waals surface area contributed by atoms with Crippen molar-refractivity contribution < 1.29 is 18.3 Å². The summed E-state index contributed by atoms with van der Waals surface area (Å²) in [5.74, 6) is -0.930. The zero-order chi connectivity index (χ0) is 20.2. The predicted molar refractivity (Wildman–Crippen MR) is 110 cm³/mol. The zero-order valence-electron chi connectivity index (χ0n) is 16.2. The molecular formula is C20H27NO4S2. The minimum absolute atomic E-state index is 0.272. The summed E-state index contributed by atoms with van der Waals surface area (Å²) in [5, 5.41) is 9.03. The largest absolute Gasteiger partial charge is 0.477 e. The van der Waals surface area contributed by atoms with Crippen molar-refractivity contribution in [3.8, 4) is 0 Å². The molecule has 0 saturated heterocycles. The average molecular weight is 410 g/mol. The molecule has 1 heterocycles. The third-order valence-electron chi connectivity index (χ3n) is 4.32. The normalized spacial score (nSPS) is 13.7. The molecule has 0 radical (unpaired) electrons. The van der Waals surface area contributed by atoms with Crippen molar-refractivity contribution in [2.75, 3.05) is 12.8 Å². The maximum Gasteiger partial charge on any atom is 0.345 e. The van der Waals surface area contributed by atoms with E-state index in [1.807, 2.05) is 51.1 Å². The van der Waals surface area contributed by atoms with Crippen LogP contribution in [0, 0.1) is 5.41 Å². The highest BCUT2D eigenvalue weighted by Gasteiger charge is 2.36. The van der Waals surface area contributed by atoms with Gasteiger partial charge in [-0.15, -0.1) is 11.3 Å². The fourth-order valence-corrected chi connectivity index (χ4v) is 5.43. The molecule has 148 valence electrons. The Morgan fingerprint density at radius 1 is 1.15 bits per heavy atom. The van der Waals surface area contributed by atoms with E-state index < -0.39 is 16.0 Å². The van der Waals surface area contributed by atoms with Crippen LogP contribution in [0.5, 0.6) is 0 Å². The molecule has 1 aromatic carbocycles. The number of carboxylic acid groups (broad SMARTS) is 1. The van der Waals surface area contributed by atoms with Crippen LogP contribution in [0.25, 0.3) is 0 Å². The van der Waals surface area contributed by atoms with Crippen LogP contribution in [-0.2, 0) is 16.4 Å². The summed E-state index contributed by atoms with van der Waals surface area (Å²) in [6.45, 7) is 6.51. The Morgan fingerprint density at radius 2 is 1.78 bits per heavy atom. The van der Waals surface area contributed by atoms with E-state index in [2.05, 4.69) is 0 Å². The van der Waals surface area contributed by atoms with Crippen LogP contribution >= 0.6 is 11.3 Å². The molecule has 1 atom stereocenters. The molecule has 0 aliphatic rings. The lowest BCUT2D eigenvalue weighted by molar-refractivity contribution is 0.0702. The number of rotatable bonds is 8. The van der Waals surface area contributed by atoms with E-state index in [1.165, 1.54) is 17.6 Å². The monoisotopic (exact) mass is 409 g/mol. The number of nitrogens with zero attached hydrogens (tertiary/aromatic N) is 1. The van der Waals surface area contributed by atoms with Gasteiger partial charge in [-0.25, -0.2) is 13.2 Å². The summed E-state index contributed by atoms with van der Waals surface area (Å²) in [7, 11) is -3.42. The summed E-state index contributed by atoms with van der Waals surface area (Å²) in [6, 6.07) is 12.8. The standard InChI is InChI=1S/C20H27NO4S2/c1-20(2,3)18(15-9-6-5-7-10-15)21(27(4,24)25)14-8-11-16-12-13-17(26-16)19(22)23/h5-7,9-10,12-13,18H,8,11,14H2,1-4H3,(H,22,23). The molecule has 0 spiro atoms. The molecule has 1 unspecified atom stereocenters. The van der Waals surface area contributed by atoms with Crippen molar-refractivity contribution in [2.45, 2.75) is 39.7 Å². The van der Waals surface area contributed by atoms with Crippen LogP contribution < -0.4 is 0 Å². The first-order valence-electron chi connectivity index (χ1n) is 8.84. The molecular weight excluding hydrogens is 382 g/mol. The van der Waals surface area contributed by atoms with Gasteiger partial charge in [0, 0.05) is 11.4 Å². The molecule has 2 rings (SSSR count). The Balaban J connectivity index is 2.21. The van der Waals surface area contributed by atoms with Crippen LogP contribution in [0.15, 0.2) is 42.5 Å². The second-order valence-corrected chi connectivity index (χ2v) is 10.8. The second-order valence-electron chi connectivity index (χ2n) is 7.73. The Hall–Kier alpha value is -1.70. The fourth-order valence-electron chi connectivity index (χ4n) is 3.26. The zero-order valence-corrected chi connectivity index (χ0v) is 17.8. The molecule has 2 aromatic rings. The predicted octanol–water partition coefficient (Wildman–Crippen LogP) is 4.43. The van der Waals surface area contributed by atoms with Gasteiger partial charge in [-0.1, -0.05) is 51.1 Å². The van der Waals surface area contributed by atoms with Crippen molar-refractivity contribution in [1.29, 1.82) is 0 Å². The quantitative estimate of drug-likeness (QED) is 0.700. The van der Waals surface area contributed by atoms with Crippen molar-refractivity contribution in [1.82, 2.24) is 4.31 Å². The number of thiophene rings is 1. The summed E-state index contributed by atoms with van der Waals surface area (Å²) in [4.78, 5) is 12.3. The highest BCUT2D eigenvalue weighted by Crippen LogP contribution is 2.39. The lowest BCUT2D eigenvalue weighted by Gasteiger charge is -2.39. The van der Waals surface area contributed by atoms with Gasteiger partial charge in [0.1, 0.15) is 4.88 Å². The first kappa shape index (κ1) is 21.6. The van der Waals surface area contributed by atoms with E-state index in [1.54, 1.807) is 16.4 Å². The van der Waals surface area contributed by atoms with Crippen LogP contribution in [0.4, 0.5) is 0 Å². The maximum atomic E-state index is 12.6. The van der Waals surface area contributed by atoms with Gasteiger partial charge in [0.25, 0.3) is 0 Å². The third-order valence-corrected chi connectivity index (χ3v) is 6.70. The number of carboxylic acids is 1. The Kier molecular flexibility index (Phi) is 6.83. The van der Waals surface area contributed by atoms with Gasteiger partial charge in [0.05, 0.1) is 12.3 Å². The molecule has 5 nitrogen and oxygen atoms in total. The highest BCUT2D eigenvalue weighted by atomic mass is 32.2. The summed E-state index contributed by atoms with van der Waals surface area (Å²) in [5.41, 5.74) is 0.698. The first-order chi connectivity index (χ1) is 12.5. The van der Waals surface area contributed by atoms with Crippen LogP contribution in [0.3, 0.4) is 0 Å². The molecule has 0 aliphatic carbocycles. The molecule has 7 heteroatoms. The number of benzene rings is 1. The van der Waals surface area contributed by atoms with Crippen molar-refractivity contribution in [3.63, 3.8) is 0 Å². The molecule has 1 N–H and O–H groups in total. The average Bonchev–Trinajstić information content (AvgIpc) is 3.02. The minimum atomic E-state index is -3.42. The van der Waals surface area contributed by atoms with Crippen LogP contribution in [-0.4, -0.2) is 36.6 Å². The molecule has 0 aliphatic heterocycles. The number of hydrogen-bond donors (Lipinski definition) is 1. The van der Waals surface area contributed by atoms with Gasteiger partial charge >= 0.3 is 5.97 Å². The molecule has 0 amide bonds. The van der Waals surface area contributed by atoms with E-state index in [-0.39, 0.29) is 11.5 Å². The topological polar surface area (TPSA) is 74.7 Å². The van der Waals surface area contributed by atoms with Crippen molar-refractivity contribution in [3.05, 3.63) is 57.8 Å². The van der Waals surface area contributed by atoms with Crippen LogP contribution in [0.1, 0.15) is 53.3 Å². The number of hydrogen-bond acceptors (Lipinski definition) is 4. The fraction of sp³-hybridized carbons (Fsp3) is 0.450. The van der Waals surface area contributed by atoms with Gasteiger partial charge < -0.3 is 5.11 Å². The van der Waals surface area contributed by atoms with Crippen molar-refractivity contribution >= 4 is 27.3 Å². The van der Waals surface area contributed by atoms with Gasteiger partial charge in [0.2, 0.25) is 10.0 Å². The smallest absolute Gasteiger partial charge is 0.345 e. The Labute approximate surface area is 165 Å². The molecule has 0 bridgehead atoms. The van der Waals surface area contributed by atoms with E-state index in [4.69, 9.17) is 5.11 Å². The van der Waals surface area contributed by atoms with E-state index >= 15 is 0 Å². The van der Waals surface area contributed by atoms with Gasteiger partial charge in [-0.3, -0.25) is 0 Å². The third kappa shape index (κ3) is 5.89. The van der Waals surface area contributed by atoms with Crippen LogP contribution in [0.2, 0.25) is 0 Å². The number of aryl methyl sites for hydroxylation is 1.